The standard InChI is InChI=1S/C44H34N2O2/c1-44(2)36-25-24-35-34-16-10-11-17-39(34)47-41(35)42(36)48-40-27-23-33(28-37(40)44)30-21-18-29(19-22-30)20-26-38(31-12-6-4-7-13-31)46-43(45-3)32-14-8-5-9-15-32/h4-19,21-28H,3,20H2,1-2H3/b38-26-,46-43?. The van der Waals surface area contributed by atoms with E-state index in [1.54, 1.807) is 0 Å². The number of allylic oxidation sites excluding steroid dienone is 1. The average Bonchev–Trinajstić information content (AvgIpc) is 3.52. The lowest BCUT2D eigenvalue weighted by molar-refractivity contribution is 0.415. The first-order valence-corrected chi connectivity index (χ1v) is 16.2. The van der Waals surface area contributed by atoms with Gasteiger partial charge in [-0.2, -0.15) is 0 Å². The molecule has 0 spiro atoms. The van der Waals surface area contributed by atoms with Crippen LogP contribution in [-0.4, -0.2) is 12.6 Å². The molecule has 48 heavy (non-hydrogen) atoms. The Bertz CT molecular complexity index is 2360. The monoisotopic (exact) mass is 622 g/mol. The zero-order valence-electron chi connectivity index (χ0n) is 27.0. The van der Waals surface area contributed by atoms with Crippen molar-refractivity contribution in [2.45, 2.75) is 25.7 Å². The molecule has 1 aliphatic heterocycles. The van der Waals surface area contributed by atoms with E-state index in [1.807, 2.05) is 66.7 Å². The number of furan rings is 1. The maximum Gasteiger partial charge on any atom is 0.178 e. The Balaban J connectivity index is 1.08. The molecule has 6 aromatic carbocycles. The van der Waals surface area contributed by atoms with Gasteiger partial charge in [-0.05, 0) is 59.7 Å². The topological polar surface area (TPSA) is 47.1 Å². The summed E-state index contributed by atoms with van der Waals surface area (Å²) >= 11 is 0. The summed E-state index contributed by atoms with van der Waals surface area (Å²) < 4.78 is 12.9. The molecule has 0 N–H and O–H groups in total. The van der Waals surface area contributed by atoms with Gasteiger partial charge in [-0.3, -0.25) is 0 Å². The van der Waals surface area contributed by atoms with E-state index >= 15 is 0 Å². The Kier molecular flexibility index (Phi) is 7.34. The van der Waals surface area contributed by atoms with Crippen LogP contribution in [0.15, 0.2) is 160 Å². The summed E-state index contributed by atoms with van der Waals surface area (Å²) in [7, 11) is 0. The molecule has 0 radical (unpaired) electrons. The van der Waals surface area contributed by atoms with Gasteiger partial charge in [0.05, 0.1) is 5.70 Å². The Morgan fingerprint density at radius 1 is 0.688 bits per heavy atom. The van der Waals surface area contributed by atoms with Gasteiger partial charge in [0.15, 0.2) is 17.2 Å². The smallest absolute Gasteiger partial charge is 0.178 e. The third-order valence-corrected chi connectivity index (χ3v) is 9.34. The van der Waals surface area contributed by atoms with Crippen LogP contribution in [0.4, 0.5) is 0 Å². The second-order valence-electron chi connectivity index (χ2n) is 12.7. The number of aliphatic imine (C=N–C) groups is 2. The predicted molar refractivity (Wildman–Crippen MR) is 198 cm³/mol. The Hall–Kier alpha value is -6.00. The number of nitrogens with zero attached hydrogens (tertiary/aromatic N) is 2. The Morgan fingerprint density at radius 3 is 2.12 bits per heavy atom. The zero-order chi connectivity index (χ0) is 32.7. The fourth-order valence-electron chi connectivity index (χ4n) is 6.68. The maximum absolute atomic E-state index is 6.60. The van der Waals surface area contributed by atoms with Crippen molar-refractivity contribution in [3.8, 4) is 22.6 Å². The molecular weight excluding hydrogens is 588 g/mol. The molecule has 8 rings (SSSR count). The summed E-state index contributed by atoms with van der Waals surface area (Å²) in [6.07, 6.45) is 2.89. The molecule has 0 unspecified atom stereocenters. The van der Waals surface area contributed by atoms with E-state index in [1.165, 1.54) is 5.56 Å². The van der Waals surface area contributed by atoms with Crippen molar-refractivity contribution < 1.29 is 9.15 Å². The van der Waals surface area contributed by atoms with Gasteiger partial charge in [0.1, 0.15) is 11.3 Å². The van der Waals surface area contributed by atoms with Gasteiger partial charge >= 0.3 is 0 Å². The van der Waals surface area contributed by atoms with Crippen LogP contribution in [0.5, 0.6) is 11.5 Å². The van der Waals surface area contributed by atoms with Crippen LogP contribution in [-0.2, 0) is 11.8 Å². The second kappa shape index (κ2) is 12.0. The quantitative estimate of drug-likeness (QED) is 0.137. The summed E-state index contributed by atoms with van der Waals surface area (Å²) in [4.78, 5) is 9.19. The highest BCUT2D eigenvalue weighted by molar-refractivity contribution is 6.07. The van der Waals surface area contributed by atoms with E-state index in [0.717, 1.165) is 78.9 Å². The Labute approximate surface area is 280 Å². The van der Waals surface area contributed by atoms with Gasteiger partial charge in [-0.1, -0.05) is 135 Å². The van der Waals surface area contributed by atoms with Crippen LogP contribution in [0.1, 0.15) is 41.7 Å². The van der Waals surface area contributed by atoms with Gasteiger partial charge in [0.2, 0.25) is 0 Å². The molecule has 0 saturated carbocycles. The SMILES string of the molecule is C=NC(=N/C(=C\Cc1ccc(-c2ccc3c(c2)C(C)(C)c2ccc4c(oc5ccccc54)c2O3)cc1)c1ccccc1)c1ccccc1. The number of para-hydroxylation sites is 1. The van der Waals surface area contributed by atoms with Crippen molar-refractivity contribution in [1.29, 1.82) is 0 Å². The van der Waals surface area contributed by atoms with Crippen LogP contribution < -0.4 is 4.74 Å². The molecule has 0 fully saturated rings. The van der Waals surface area contributed by atoms with E-state index in [9.17, 15) is 0 Å². The van der Waals surface area contributed by atoms with Gasteiger partial charge < -0.3 is 9.15 Å². The largest absolute Gasteiger partial charge is 0.453 e. The molecule has 0 saturated heterocycles. The van der Waals surface area contributed by atoms with Crippen molar-refractivity contribution in [1.82, 2.24) is 0 Å². The number of hydrogen-bond acceptors (Lipinski definition) is 3. The molecule has 0 bridgehead atoms. The number of benzene rings is 6. The number of fused-ring (bicyclic) bond motifs is 6. The molecule has 0 aliphatic carbocycles. The molecule has 0 atom stereocenters. The first-order chi connectivity index (χ1) is 23.5. The molecule has 4 heteroatoms. The molecule has 232 valence electrons. The molecule has 0 amide bonds. The van der Waals surface area contributed by atoms with Crippen LogP contribution in [0.3, 0.4) is 0 Å². The summed E-state index contributed by atoms with van der Waals surface area (Å²) in [6.45, 7) is 8.31. The summed E-state index contributed by atoms with van der Waals surface area (Å²) in [5, 5.41) is 2.18. The fourth-order valence-corrected chi connectivity index (χ4v) is 6.68. The molecule has 1 aromatic heterocycles. The molecule has 4 nitrogen and oxygen atoms in total. The Morgan fingerprint density at radius 2 is 1.38 bits per heavy atom. The third kappa shape index (κ3) is 5.22. The van der Waals surface area contributed by atoms with Crippen molar-refractivity contribution >= 4 is 40.2 Å². The lowest BCUT2D eigenvalue weighted by atomic mass is 9.75. The number of ether oxygens (including phenoxy) is 1. The lowest BCUT2D eigenvalue weighted by Crippen LogP contribution is -2.24. The van der Waals surface area contributed by atoms with Crippen LogP contribution >= 0.6 is 0 Å². The zero-order valence-corrected chi connectivity index (χ0v) is 27.0. The van der Waals surface area contributed by atoms with Gasteiger partial charge in [-0.15, -0.1) is 0 Å². The number of hydrogen-bond donors (Lipinski definition) is 0. The van der Waals surface area contributed by atoms with E-state index in [4.69, 9.17) is 14.1 Å². The van der Waals surface area contributed by atoms with Crippen molar-refractivity contribution in [3.05, 3.63) is 173 Å². The van der Waals surface area contributed by atoms with Crippen LogP contribution in [0.25, 0.3) is 38.8 Å². The van der Waals surface area contributed by atoms with E-state index < -0.39 is 0 Å². The minimum Gasteiger partial charge on any atom is -0.453 e. The molecular formula is C44H34N2O2. The highest BCUT2D eigenvalue weighted by atomic mass is 16.5. The molecule has 2 heterocycles. The summed E-state index contributed by atoms with van der Waals surface area (Å²) in [6, 6.07) is 48.0. The highest BCUT2D eigenvalue weighted by Gasteiger charge is 2.36. The minimum absolute atomic E-state index is 0.274. The maximum atomic E-state index is 6.60. The predicted octanol–water partition coefficient (Wildman–Crippen LogP) is 11.4. The van der Waals surface area contributed by atoms with Gasteiger partial charge in [0.25, 0.3) is 0 Å². The highest BCUT2D eigenvalue weighted by Crippen LogP contribution is 2.52. The molecule has 7 aromatic rings. The lowest BCUT2D eigenvalue weighted by Gasteiger charge is -2.34. The van der Waals surface area contributed by atoms with Crippen molar-refractivity contribution in [2.75, 3.05) is 0 Å². The minimum atomic E-state index is -0.274. The normalized spacial score (nSPS) is 14.0. The number of rotatable bonds is 6. The summed E-state index contributed by atoms with van der Waals surface area (Å²) in [5.74, 6) is 2.28. The first-order valence-electron chi connectivity index (χ1n) is 16.2. The fraction of sp³-hybridized carbons (Fsp3) is 0.0909. The first kappa shape index (κ1) is 29.4. The van der Waals surface area contributed by atoms with E-state index in [-0.39, 0.29) is 5.41 Å². The number of amidine groups is 1. The van der Waals surface area contributed by atoms with Crippen LogP contribution in [0, 0.1) is 0 Å². The van der Waals surface area contributed by atoms with Crippen LogP contribution in [0.2, 0.25) is 0 Å². The van der Waals surface area contributed by atoms with Gasteiger partial charge in [-0.25, -0.2) is 9.98 Å². The van der Waals surface area contributed by atoms with E-state index in [2.05, 4.69) is 104 Å². The van der Waals surface area contributed by atoms with E-state index in [0.29, 0.717) is 5.84 Å². The van der Waals surface area contributed by atoms with Gasteiger partial charge in [0, 0.05) is 32.9 Å². The molecule has 1 aliphatic rings. The van der Waals surface area contributed by atoms with Crippen molar-refractivity contribution in [2.24, 2.45) is 9.98 Å². The third-order valence-electron chi connectivity index (χ3n) is 9.34. The average molecular weight is 623 g/mol. The summed E-state index contributed by atoms with van der Waals surface area (Å²) in [5.41, 5.74) is 10.0. The second-order valence-corrected chi connectivity index (χ2v) is 12.7. The van der Waals surface area contributed by atoms with Crippen molar-refractivity contribution in [3.63, 3.8) is 0 Å².